The zero-order chi connectivity index (χ0) is 21.5. The fourth-order valence-electron chi connectivity index (χ4n) is 3.61. The Labute approximate surface area is 185 Å². The van der Waals surface area contributed by atoms with E-state index in [0.29, 0.717) is 44.3 Å². The second-order valence-corrected chi connectivity index (χ2v) is 7.92. The number of benzene rings is 2. The van der Waals surface area contributed by atoms with Gasteiger partial charge >= 0.3 is 12.0 Å². The number of hydrogen-bond donors (Lipinski definition) is 2. The molecule has 9 nitrogen and oxygen atoms in total. The first-order chi connectivity index (χ1) is 15.0. The van der Waals surface area contributed by atoms with Crippen LogP contribution in [0.3, 0.4) is 0 Å². The predicted molar refractivity (Wildman–Crippen MR) is 110 cm³/mol. The van der Waals surface area contributed by atoms with Gasteiger partial charge in [-0.25, -0.2) is 9.59 Å². The van der Waals surface area contributed by atoms with Gasteiger partial charge in [-0.15, -0.1) is 0 Å². The van der Waals surface area contributed by atoms with E-state index >= 15 is 0 Å². The first-order valence-corrected chi connectivity index (χ1v) is 10.2. The molecule has 0 unspecified atom stereocenters. The van der Waals surface area contributed by atoms with E-state index in [4.69, 9.17) is 23.7 Å². The number of nitrogens with one attached hydrogen (secondary N) is 2. The van der Waals surface area contributed by atoms with Gasteiger partial charge in [-0.2, -0.15) is 0 Å². The number of rotatable bonds is 4. The van der Waals surface area contributed by atoms with Crippen LogP contribution in [0.2, 0.25) is 0 Å². The Hall–Kier alpha value is -3.40. The maximum Gasteiger partial charge on any atom is 0.338 e. The number of hydrogen-bond acceptors (Lipinski definition) is 7. The Morgan fingerprint density at radius 3 is 2.52 bits per heavy atom. The van der Waals surface area contributed by atoms with E-state index in [-0.39, 0.29) is 20.2 Å². The first-order valence-electron chi connectivity index (χ1n) is 9.42. The van der Waals surface area contributed by atoms with Gasteiger partial charge in [-0.05, 0) is 42.3 Å². The van der Waals surface area contributed by atoms with E-state index in [1.807, 2.05) is 0 Å². The largest absolute Gasteiger partial charge is 0.457 e. The highest BCUT2D eigenvalue weighted by atomic mass is 79.9. The molecule has 5 rings (SSSR count). The lowest BCUT2D eigenvalue weighted by molar-refractivity contribution is -0.140. The smallest absolute Gasteiger partial charge is 0.338 e. The Morgan fingerprint density at radius 1 is 1.06 bits per heavy atom. The molecule has 2 N–H and O–H groups in total. The highest BCUT2D eigenvalue weighted by Gasteiger charge is 2.34. The number of urea groups is 1. The summed E-state index contributed by atoms with van der Waals surface area (Å²) in [5.41, 5.74) is 2.10. The number of carbonyl (C=O) groups is 2. The SMILES string of the molecule is CC1=C(C(=O)OCc2ccc3c(c2)OCO3)[C@H](c2cc3c(cc2Br)OCO3)NC(=O)N1. The van der Waals surface area contributed by atoms with Crippen molar-refractivity contribution in [1.29, 1.82) is 0 Å². The molecule has 0 aromatic heterocycles. The summed E-state index contributed by atoms with van der Waals surface area (Å²) in [7, 11) is 0. The normalized spacial score (nSPS) is 18.5. The van der Waals surface area contributed by atoms with Crippen molar-refractivity contribution in [3.63, 3.8) is 0 Å². The van der Waals surface area contributed by atoms with E-state index < -0.39 is 18.0 Å². The molecule has 3 heterocycles. The number of halogens is 1. The quantitative estimate of drug-likeness (QED) is 0.636. The highest BCUT2D eigenvalue weighted by Crippen LogP contribution is 2.41. The summed E-state index contributed by atoms with van der Waals surface area (Å²) in [5, 5.41) is 5.42. The summed E-state index contributed by atoms with van der Waals surface area (Å²) in [5.74, 6) is 1.83. The van der Waals surface area contributed by atoms with Crippen molar-refractivity contribution in [3.8, 4) is 23.0 Å². The summed E-state index contributed by atoms with van der Waals surface area (Å²) in [4.78, 5) is 25.2. The van der Waals surface area contributed by atoms with Crippen LogP contribution in [0.25, 0.3) is 0 Å². The van der Waals surface area contributed by atoms with Crippen molar-refractivity contribution in [1.82, 2.24) is 10.6 Å². The molecule has 2 amide bonds. The fraction of sp³-hybridized carbons (Fsp3) is 0.238. The van der Waals surface area contributed by atoms with Gasteiger partial charge in [0.2, 0.25) is 13.6 Å². The number of ether oxygens (including phenoxy) is 5. The Kier molecular flexibility index (Phi) is 4.85. The predicted octanol–water partition coefficient (Wildman–Crippen LogP) is 3.28. The maximum atomic E-state index is 13.1. The topological polar surface area (TPSA) is 104 Å². The molecule has 2 aromatic rings. The van der Waals surface area contributed by atoms with Gasteiger partial charge in [0.25, 0.3) is 0 Å². The average molecular weight is 489 g/mol. The molecular weight excluding hydrogens is 472 g/mol. The van der Waals surface area contributed by atoms with Crippen molar-refractivity contribution in [2.75, 3.05) is 13.6 Å². The summed E-state index contributed by atoms with van der Waals surface area (Å²) < 4.78 is 27.7. The van der Waals surface area contributed by atoms with Crippen LogP contribution >= 0.6 is 15.9 Å². The number of allylic oxidation sites excluding steroid dienone is 1. The van der Waals surface area contributed by atoms with Crippen LogP contribution < -0.4 is 29.6 Å². The number of amides is 2. The van der Waals surface area contributed by atoms with Gasteiger partial charge in [0, 0.05) is 10.2 Å². The van der Waals surface area contributed by atoms with Crippen LogP contribution in [0.5, 0.6) is 23.0 Å². The van der Waals surface area contributed by atoms with Gasteiger partial charge in [0.05, 0.1) is 11.6 Å². The van der Waals surface area contributed by atoms with Gasteiger partial charge in [0.15, 0.2) is 23.0 Å². The Bertz CT molecular complexity index is 1130. The minimum atomic E-state index is -0.734. The summed E-state index contributed by atoms with van der Waals surface area (Å²) >= 11 is 3.50. The molecule has 3 aliphatic heterocycles. The molecule has 0 bridgehead atoms. The second-order valence-electron chi connectivity index (χ2n) is 7.06. The zero-order valence-electron chi connectivity index (χ0n) is 16.3. The summed E-state index contributed by atoms with van der Waals surface area (Å²) in [6.45, 7) is 1.98. The zero-order valence-corrected chi connectivity index (χ0v) is 17.9. The molecule has 0 fully saturated rings. The van der Waals surface area contributed by atoms with Crippen molar-refractivity contribution >= 4 is 27.9 Å². The van der Waals surface area contributed by atoms with Gasteiger partial charge < -0.3 is 34.3 Å². The highest BCUT2D eigenvalue weighted by molar-refractivity contribution is 9.10. The molecule has 1 atom stereocenters. The summed E-state index contributed by atoms with van der Waals surface area (Å²) in [6.07, 6.45) is 0. The van der Waals surface area contributed by atoms with Crippen LogP contribution in [-0.2, 0) is 16.1 Å². The monoisotopic (exact) mass is 488 g/mol. The fourth-order valence-corrected chi connectivity index (χ4v) is 4.16. The lowest BCUT2D eigenvalue weighted by atomic mass is 9.95. The number of carbonyl (C=O) groups excluding carboxylic acids is 2. The van der Waals surface area contributed by atoms with E-state index in [1.165, 1.54) is 0 Å². The third kappa shape index (κ3) is 3.63. The van der Waals surface area contributed by atoms with Crippen LogP contribution in [0.4, 0.5) is 4.79 Å². The Morgan fingerprint density at radius 2 is 1.74 bits per heavy atom. The minimum Gasteiger partial charge on any atom is -0.457 e. The Balaban J connectivity index is 1.41. The molecule has 160 valence electrons. The molecule has 10 heteroatoms. The van der Waals surface area contributed by atoms with Crippen molar-refractivity contribution in [3.05, 3.63) is 57.2 Å². The van der Waals surface area contributed by atoms with Gasteiger partial charge in [-0.3, -0.25) is 0 Å². The first kappa shape index (κ1) is 19.6. The van der Waals surface area contributed by atoms with E-state index in [0.717, 1.165) is 5.56 Å². The number of fused-ring (bicyclic) bond motifs is 2. The third-order valence-corrected chi connectivity index (χ3v) is 5.79. The molecule has 0 radical (unpaired) electrons. The molecule has 3 aliphatic rings. The lowest BCUT2D eigenvalue weighted by Gasteiger charge is -2.29. The van der Waals surface area contributed by atoms with Crippen molar-refractivity contribution < 1.29 is 33.3 Å². The second kappa shape index (κ2) is 7.69. The average Bonchev–Trinajstić information content (AvgIpc) is 3.39. The molecule has 2 aromatic carbocycles. The van der Waals surface area contributed by atoms with Gasteiger partial charge in [0.1, 0.15) is 6.61 Å². The van der Waals surface area contributed by atoms with Crippen LogP contribution in [0, 0.1) is 0 Å². The lowest BCUT2D eigenvalue weighted by Crippen LogP contribution is -2.45. The van der Waals surface area contributed by atoms with Crippen LogP contribution in [0.15, 0.2) is 46.1 Å². The third-order valence-electron chi connectivity index (χ3n) is 5.10. The van der Waals surface area contributed by atoms with E-state index in [2.05, 4.69) is 26.6 Å². The minimum absolute atomic E-state index is 0.0369. The van der Waals surface area contributed by atoms with Crippen LogP contribution in [0.1, 0.15) is 24.1 Å². The molecule has 0 saturated carbocycles. The standard InChI is InChI=1S/C21H17BrN2O7/c1-10-18(20(25)27-7-11-2-3-14-15(4-11)29-8-28-14)19(24-21(26)23-10)12-5-16-17(6-13(12)22)31-9-30-16/h2-6,19H,7-9H2,1H3,(H2,23,24,26)/t19-/m0/s1. The molecular formula is C21H17BrN2O7. The van der Waals surface area contributed by atoms with E-state index in [1.54, 1.807) is 37.3 Å². The molecule has 0 aliphatic carbocycles. The van der Waals surface area contributed by atoms with Crippen LogP contribution in [-0.4, -0.2) is 25.6 Å². The van der Waals surface area contributed by atoms with Crippen molar-refractivity contribution in [2.24, 2.45) is 0 Å². The number of esters is 1. The molecule has 0 spiro atoms. The maximum absolute atomic E-state index is 13.1. The summed E-state index contributed by atoms with van der Waals surface area (Å²) in [6, 6.07) is 7.67. The molecule has 0 saturated heterocycles. The van der Waals surface area contributed by atoms with E-state index in [9.17, 15) is 9.59 Å². The molecule has 31 heavy (non-hydrogen) atoms. The van der Waals surface area contributed by atoms with Gasteiger partial charge in [-0.1, -0.05) is 22.0 Å². The van der Waals surface area contributed by atoms with Crippen molar-refractivity contribution in [2.45, 2.75) is 19.6 Å².